The molecule has 1 aliphatic heterocycles. The van der Waals surface area contributed by atoms with Crippen molar-refractivity contribution < 1.29 is 14.4 Å². The number of benzene rings is 2. The third kappa shape index (κ3) is 3.19. The maximum absolute atomic E-state index is 13.0. The molecule has 1 aliphatic rings. The fourth-order valence-corrected chi connectivity index (χ4v) is 3.16. The Morgan fingerprint density at radius 2 is 1.76 bits per heavy atom. The third-order valence-corrected chi connectivity index (χ3v) is 4.55. The van der Waals surface area contributed by atoms with Gasteiger partial charge in [0.2, 0.25) is 0 Å². The highest BCUT2D eigenvalue weighted by Crippen LogP contribution is 2.27. The molecule has 0 saturated heterocycles. The number of rotatable bonds is 5. The van der Waals surface area contributed by atoms with Crippen molar-refractivity contribution in [2.75, 3.05) is 16.3 Å². The van der Waals surface area contributed by atoms with E-state index in [4.69, 9.17) is 0 Å². The van der Waals surface area contributed by atoms with Crippen LogP contribution < -0.4 is 9.80 Å². The van der Waals surface area contributed by atoms with E-state index in [2.05, 4.69) is 16.5 Å². The molecule has 0 bridgehead atoms. The topological polar surface area (TPSA) is 83.5 Å². The number of anilines is 2. The number of hydrogen-bond donors (Lipinski definition) is 0. The van der Waals surface area contributed by atoms with Gasteiger partial charge in [-0.05, 0) is 36.4 Å². The quantitative estimate of drug-likeness (QED) is 0.499. The first kappa shape index (κ1) is 18.2. The maximum Gasteiger partial charge on any atom is 0.284 e. The van der Waals surface area contributed by atoms with Crippen LogP contribution in [-0.2, 0) is 0 Å². The van der Waals surface area contributed by atoms with Gasteiger partial charge in [0.15, 0.2) is 0 Å². The Balaban J connectivity index is 1.61. The van der Waals surface area contributed by atoms with E-state index in [0.717, 1.165) is 10.6 Å². The van der Waals surface area contributed by atoms with Crippen LogP contribution in [0, 0.1) is 0 Å². The molecule has 0 unspecified atom stereocenters. The minimum absolute atomic E-state index is 0.0754. The van der Waals surface area contributed by atoms with Crippen molar-refractivity contribution in [1.82, 2.24) is 9.97 Å². The molecule has 2 heterocycles. The number of carbonyl (C=O) groups excluding carboxylic acids is 3. The molecule has 0 fully saturated rings. The van der Waals surface area contributed by atoms with Crippen LogP contribution in [0.5, 0.6) is 0 Å². The van der Waals surface area contributed by atoms with Crippen LogP contribution in [0.3, 0.4) is 0 Å². The molecular weight excluding hydrogens is 368 g/mol. The van der Waals surface area contributed by atoms with Crippen molar-refractivity contribution in [1.29, 1.82) is 0 Å². The second-order valence-electron chi connectivity index (χ2n) is 6.32. The Labute approximate surface area is 166 Å². The summed E-state index contributed by atoms with van der Waals surface area (Å²) in [4.78, 5) is 48.4. The van der Waals surface area contributed by atoms with E-state index in [1.807, 2.05) is 30.3 Å². The van der Waals surface area contributed by atoms with Crippen molar-refractivity contribution in [3.8, 4) is 0 Å². The zero-order valence-corrected chi connectivity index (χ0v) is 15.4. The first-order valence-corrected chi connectivity index (χ1v) is 8.88. The van der Waals surface area contributed by atoms with Gasteiger partial charge in [0.25, 0.3) is 17.7 Å². The fraction of sp³-hybridized carbons (Fsp3) is 0.0455. The van der Waals surface area contributed by atoms with Crippen LogP contribution in [0.1, 0.15) is 31.2 Å². The van der Waals surface area contributed by atoms with Crippen molar-refractivity contribution in [3.63, 3.8) is 0 Å². The van der Waals surface area contributed by atoms with Gasteiger partial charge in [0.1, 0.15) is 12.0 Å². The third-order valence-electron chi connectivity index (χ3n) is 4.55. The summed E-state index contributed by atoms with van der Waals surface area (Å²) < 4.78 is 0. The van der Waals surface area contributed by atoms with Gasteiger partial charge >= 0.3 is 0 Å². The van der Waals surface area contributed by atoms with E-state index < -0.39 is 11.8 Å². The Kier molecular flexibility index (Phi) is 4.70. The molecule has 3 amide bonds. The molecule has 0 atom stereocenters. The van der Waals surface area contributed by atoms with Crippen LogP contribution in [0.25, 0.3) is 0 Å². The molecule has 142 valence electrons. The average Bonchev–Trinajstić information content (AvgIpc) is 3.03. The first-order valence-electron chi connectivity index (χ1n) is 8.88. The molecule has 2 aromatic carbocycles. The van der Waals surface area contributed by atoms with Crippen molar-refractivity contribution in [3.05, 3.63) is 96.6 Å². The van der Waals surface area contributed by atoms with Gasteiger partial charge in [0.05, 0.1) is 11.3 Å². The number of hydrogen-bond acceptors (Lipinski definition) is 5. The lowest BCUT2D eigenvalue weighted by atomic mass is 10.1. The van der Waals surface area contributed by atoms with E-state index >= 15 is 0 Å². The number of aromatic nitrogens is 2. The smallest absolute Gasteiger partial charge is 0.284 e. The SMILES string of the molecule is C=CCN(C(=O)c1ccc(N2C(=O)c3cncnc3C2=O)cc1)c1ccccc1. The molecule has 1 aromatic heterocycles. The molecule has 29 heavy (non-hydrogen) atoms. The minimum Gasteiger partial charge on any atom is -0.305 e. The van der Waals surface area contributed by atoms with E-state index in [9.17, 15) is 14.4 Å². The molecule has 0 N–H and O–H groups in total. The number of imide groups is 1. The largest absolute Gasteiger partial charge is 0.305 e. The van der Waals surface area contributed by atoms with Crippen molar-refractivity contribution >= 4 is 29.1 Å². The maximum atomic E-state index is 13.0. The first-order chi connectivity index (χ1) is 14.1. The normalized spacial score (nSPS) is 12.6. The summed E-state index contributed by atoms with van der Waals surface area (Å²) in [6.45, 7) is 4.07. The lowest BCUT2D eigenvalue weighted by Gasteiger charge is -2.22. The summed E-state index contributed by atoms with van der Waals surface area (Å²) in [6.07, 6.45) is 4.21. The number of amides is 3. The second kappa shape index (κ2) is 7.47. The summed E-state index contributed by atoms with van der Waals surface area (Å²) >= 11 is 0. The minimum atomic E-state index is -0.510. The highest BCUT2D eigenvalue weighted by atomic mass is 16.2. The van der Waals surface area contributed by atoms with E-state index in [1.165, 1.54) is 12.5 Å². The molecular formula is C22H16N4O3. The lowest BCUT2D eigenvalue weighted by molar-refractivity contribution is 0.0923. The number of para-hydroxylation sites is 1. The van der Waals surface area contributed by atoms with E-state index in [0.29, 0.717) is 17.8 Å². The predicted molar refractivity (Wildman–Crippen MR) is 108 cm³/mol. The molecule has 0 spiro atoms. The standard InChI is InChI=1S/C22H16N4O3/c1-2-12-25(16-6-4-3-5-7-16)20(27)15-8-10-17(11-9-15)26-21(28)18-13-23-14-24-19(18)22(26)29/h2-11,13-14H,1,12H2. The van der Waals surface area contributed by atoms with Crippen molar-refractivity contribution in [2.45, 2.75) is 0 Å². The van der Waals surface area contributed by atoms with E-state index in [1.54, 1.807) is 35.2 Å². The molecule has 0 radical (unpaired) electrons. The Hall–Kier alpha value is -4.13. The Morgan fingerprint density at radius 3 is 2.41 bits per heavy atom. The second-order valence-corrected chi connectivity index (χ2v) is 6.32. The zero-order valence-electron chi connectivity index (χ0n) is 15.4. The zero-order chi connectivity index (χ0) is 20.4. The van der Waals surface area contributed by atoms with Crippen LogP contribution in [0.15, 0.2) is 79.8 Å². The van der Waals surface area contributed by atoms with Gasteiger partial charge in [-0.15, -0.1) is 6.58 Å². The molecule has 7 heteroatoms. The molecule has 0 aliphatic carbocycles. The predicted octanol–water partition coefficient (Wildman–Crippen LogP) is 3.11. The van der Waals surface area contributed by atoms with Crippen LogP contribution in [0.2, 0.25) is 0 Å². The molecule has 0 saturated carbocycles. The summed E-state index contributed by atoms with van der Waals surface area (Å²) in [7, 11) is 0. The van der Waals surface area contributed by atoms with Crippen LogP contribution >= 0.6 is 0 Å². The van der Waals surface area contributed by atoms with Gasteiger partial charge in [-0.25, -0.2) is 14.9 Å². The summed E-state index contributed by atoms with van der Waals surface area (Å²) in [5.74, 6) is -1.21. The molecule has 7 nitrogen and oxygen atoms in total. The molecule has 3 aromatic rings. The van der Waals surface area contributed by atoms with Crippen molar-refractivity contribution in [2.24, 2.45) is 0 Å². The monoisotopic (exact) mass is 384 g/mol. The molecule has 4 rings (SSSR count). The Bertz CT molecular complexity index is 1080. The summed E-state index contributed by atoms with van der Waals surface area (Å²) in [5, 5.41) is 0. The Morgan fingerprint density at radius 1 is 1.03 bits per heavy atom. The van der Waals surface area contributed by atoms with Crippen LogP contribution in [0.4, 0.5) is 11.4 Å². The average molecular weight is 384 g/mol. The van der Waals surface area contributed by atoms with Gasteiger partial charge in [-0.3, -0.25) is 14.4 Å². The van der Waals surface area contributed by atoms with Gasteiger partial charge in [-0.2, -0.15) is 0 Å². The number of carbonyl (C=O) groups is 3. The van der Waals surface area contributed by atoms with Gasteiger partial charge in [-0.1, -0.05) is 24.3 Å². The van der Waals surface area contributed by atoms with Gasteiger partial charge in [0, 0.05) is 24.0 Å². The van der Waals surface area contributed by atoms with Gasteiger partial charge < -0.3 is 4.90 Å². The summed E-state index contributed by atoms with van der Waals surface area (Å²) in [5.41, 5.74) is 1.78. The number of fused-ring (bicyclic) bond motifs is 1. The summed E-state index contributed by atoms with van der Waals surface area (Å²) in [6, 6.07) is 15.6. The number of nitrogens with zero attached hydrogens (tertiary/aromatic N) is 4. The highest BCUT2D eigenvalue weighted by Gasteiger charge is 2.38. The highest BCUT2D eigenvalue weighted by molar-refractivity contribution is 6.33. The van der Waals surface area contributed by atoms with E-state index in [-0.39, 0.29) is 17.2 Å². The van der Waals surface area contributed by atoms with Crippen LogP contribution in [-0.4, -0.2) is 34.2 Å². The fourth-order valence-electron chi connectivity index (χ4n) is 3.16. The lowest BCUT2D eigenvalue weighted by Crippen LogP contribution is -2.31.